The number of nitrogens with zero attached hydrogens (tertiary/aromatic N) is 1. The van der Waals surface area contributed by atoms with Crippen molar-refractivity contribution in [2.75, 3.05) is 27.2 Å². The van der Waals surface area contributed by atoms with Crippen LogP contribution in [0.25, 0.3) is 0 Å². The Balaban J connectivity index is 3.99. The molecule has 4 N–H and O–H groups in total. The summed E-state index contributed by atoms with van der Waals surface area (Å²) in [4.78, 5) is 33.8. The number of urea groups is 1. The van der Waals surface area contributed by atoms with E-state index >= 15 is 0 Å². The molecule has 92 valence electrons. The van der Waals surface area contributed by atoms with Crippen molar-refractivity contribution in [3.63, 3.8) is 0 Å². The minimum Gasteiger partial charge on any atom is -0.480 e. The molecule has 0 saturated carbocycles. The van der Waals surface area contributed by atoms with Crippen LogP contribution in [0, 0.1) is 0 Å². The number of hydrogen-bond acceptors (Lipinski definition) is 4. The Bertz CT molecular complexity index is 279. The van der Waals surface area contributed by atoms with E-state index in [4.69, 9.17) is 10.2 Å². The number of likely N-dealkylation sites (N-methyl/N-ethyl adjacent to an activating group) is 1. The number of rotatable bonds is 5. The van der Waals surface area contributed by atoms with E-state index < -0.39 is 24.6 Å². The Kier molecular flexibility index (Phi) is 5.86. The van der Waals surface area contributed by atoms with Crippen LogP contribution >= 0.6 is 0 Å². The maximum absolute atomic E-state index is 11.1. The van der Waals surface area contributed by atoms with Crippen LogP contribution in [0.15, 0.2) is 0 Å². The molecular weight excluding hydrogens is 218 g/mol. The van der Waals surface area contributed by atoms with Crippen molar-refractivity contribution in [1.29, 1.82) is 0 Å². The number of carboxylic acid groups (broad SMARTS) is 1. The summed E-state index contributed by atoms with van der Waals surface area (Å²) in [6.45, 7) is -0.957. The molecule has 8 nitrogen and oxygen atoms in total. The Morgan fingerprint density at radius 2 is 1.88 bits per heavy atom. The molecule has 1 atom stereocenters. The molecular formula is C8H15N3O5. The first-order valence-electron chi connectivity index (χ1n) is 4.46. The van der Waals surface area contributed by atoms with Gasteiger partial charge in [0.1, 0.15) is 0 Å². The summed E-state index contributed by atoms with van der Waals surface area (Å²) in [6, 6.07) is -2.20. The summed E-state index contributed by atoms with van der Waals surface area (Å²) in [5, 5.41) is 21.3. The summed E-state index contributed by atoms with van der Waals surface area (Å²) < 4.78 is 0. The van der Waals surface area contributed by atoms with E-state index in [9.17, 15) is 14.4 Å². The molecule has 1 unspecified atom stereocenters. The summed E-state index contributed by atoms with van der Waals surface area (Å²) >= 11 is 0. The fraction of sp³-hybridized carbons (Fsp3) is 0.625. The van der Waals surface area contributed by atoms with Crippen molar-refractivity contribution >= 4 is 17.9 Å². The van der Waals surface area contributed by atoms with Crippen molar-refractivity contribution in [2.24, 2.45) is 0 Å². The number of carbonyl (C=O) groups is 3. The van der Waals surface area contributed by atoms with Gasteiger partial charge >= 0.3 is 12.0 Å². The Labute approximate surface area is 92.2 Å². The standard InChI is InChI=1S/C8H15N3O5/c1-11(2)6(13)3-9-8(16)10-5(4-12)7(14)15/h5,12H,3-4H2,1-2H3,(H,14,15)(H2,9,10,16). The second kappa shape index (κ2) is 6.62. The highest BCUT2D eigenvalue weighted by Gasteiger charge is 2.18. The molecule has 0 aliphatic heterocycles. The highest BCUT2D eigenvalue weighted by molar-refractivity contribution is 5.86. The number of hydrogen-bond donors (Lipinski definition) is 4. The smallest absolute Gasteiger partial charge is 0.328 e. The number of aliphatic hydroxyl groups is 1. The molecule has 0 saturated heterocycles. The molecule has 0 aromatic heterocycles. The Morgan fingerprint density at radius 1 is 1.31 bits per heavy atom. The second-order valence-electron chi connectivity index (χ2n) is 3.19. The zero-order valence-electron chi connectivity index (χ0n) is 9.06. The SMILES string of the molecule is CN(C)C(=O)CNC(=O)NC(CO)C(=O)O. The molecule has 0 aliphatic carbocycles. The molecule has 0 bridgehead atoms. The van der Waals surface area contributed by atoms with Gasteiger partial charge in [0.15, 0.2) is 6.04 Å². The quantitative estimate of drug-likeness (QED) is 0.430. The van der Waals surface area contributed by atoms with Crippen molar-refractivity contribution in [3.05, 3.63) is 0 Å². The van der Waals surface area contributed by atoms with Gasteiger partial charge in [0.05, 0.1) is 13.2 Å². The lowest BCUT2D eigenvalue weighted by Crippen LogP contribution is -2.49. The minimum atomic E-state index is -1.38. The van der Waals surface area contributed by atoms with Gasteiger partial charge in [-0.25, -0.2) is 9.59 Å². The Hall–Kier alpha value is -1.83. The monoisotopic (exact) mass is 233 g/mol. The fourth-order valence-electron chi connectivity index (χ4n) is 0.709. The molecule has 0 fully saturated rings. The largest absolute Gasteiger partial charge is 0.480 e. The topological polar surface area (TPSA) is 119 Å². The van der Waals surface area contributed by atoms with Crippen LogP contribution in [-0.2, 0) is 9.59 Å². The summed E-state index contributed by atoms with van der Waals surface area (Å²) in [5.41, 5.74) is 0. The number of amides is 3. The molecule has 0 aromatic carbocycles. The van der Waals surface area contributed by atoms with E-state index in [2.05, 4.69) is 5.32 Å². The third-order valence-electron chi connectivity index (χ3n) is 1.68. The number of nitrogens with one attached hydrogen (secondary N) is 2. The number of carboxylic acids is 1. The number of carbonyl (C=O) groups excluding carboxylic acids is 2. The average molecular weight is 233 g/mol. The van der Waals surface area contributed by atoms with E-state index in [1.807, 2.05) is 5.32 Å². The lowest BCUT2D eigenvalue weighted by atomic mass is 10.3. The van der Waals surface area contributed by atoms with Crippen LogP contribution in [0.1, 0.15) is 0 Å². The van der Waals surface area contributed by atoms with Crippen molar-refractivity contribution < 1.29 is 24.6 Å². The van der Waals surface area contributed by atoms with Gasteiger partial charge in [-0.1, -0.05) is 0 Å². The zero-order valence-corrected chi connectivity index (χ0v) is 9.06. The van der Waals surface area contributed by atoms with E-state index in [1.165, 1.54) is 19.0 Å². The lowest BCUT2D eigenvalue weighted by Gasteiger charge is -2.14. The maximum atomic E-state index is 11.1. The van der Waals surface area contributed by atoms with Crippen LogP contribution in [0.3, 0.4) is 0 Å². The molecule has 0 radical (unpaired) electrons. The number of aliphatic hydroxyl groups excluding tert-OH is 1. The maximum Gasteiger partial charge on any atom is 0.328 e. The predicted molar refractivity (Wildman–Crippen MR) is 53.7 cm³/mol. The molecule has 16 heavy (non-hydrogen) atoms. The average Bonchev–Trinajstić information content (AvgIpc) is 2.21. The van der Waals surface area contributed by atoms with Gasteiger partial charge < -0.3 is 25.7 Å². The van der Waals surface area contributed by atoms with Gasteiger partial charge in [0, 0.05) is 14.1 Å². The van der Waals surface area contributed by atoms with E-state index in [0.29, 0.717) is 0 Å². The number of aliphatic carboxylic acids is 1. The van der Waals surface area contributed by atoms with E-state index in [1.54, 1.807) is 0 Å². The normalized spacial score (nSPS) is 11.4. The van der Waals surface area contributed by atoms with Crippen LogP contribution in [0.5, 0.6) is 0 Å². The van der Waals surface area contributed by atoms with Gasteiger partial charge in [-0.2, -0.15) is 0 Å². The molecule has 0 aromatic rings. The van der Waals surface area contributed by atoms with Crippen LogP contribution < -0.4 is 10.6 Å². The van der Waals surface area contributed by atoms with Crippen LogP contribution in [-0.4, -0.2) is 66.3 Å². The zero-order chi connectivity index (χ0) is 12.7. The molecule has 0 aliphatic rings. The second-order valence-corrected chi connectivity index (χ2v) is 3.19. The van der Waals surface area contributed by atoms with Crippen LogP contribution in [0.4, 0.5) is 4.79 Å². The van der Waals surface area contributed by atoms with E-state index in [-0.39, 0.29) is 12.5 Å². The first-order chi connectivity index (χ1) is 7.38. The molecule has 3 amide bonds. The first-order valence-corrected chi connectivity index (χ1v) is 4.46. The highest BCUT2D eigenvalue weighted by atomic mass is 16.4. The van der Waals surface area contributed by atoms with Gasteiger partial charge in [-0.3, -0.25) is 4.79 Å². The molecule has 0 spiro atoms. The van der Waals surface area contributed by atoms with Gasteiger partial charge in [-0.05, 0) is 0 Å². The minimum absolute atomic E-state index is 0.239. The predicted octanol–water partition coefficient (Wildman–Crippen LogP) is -2.18. The van der Waals surface area contributed by atoms with Gasteiger partial charge in [0.2, 0.25) is 5.91 Å². The highest BCUT2D eigenvalue weighted by Crippen LogP contribution is 1.82. The van der Waals surface area contributed by atoms with E-state index in [0.717, 1.165) is 0 Å². The van der Waals surface area contributed by atoms with Crippen molar-refractivity contribution in [3.8, 4) is 0 Å². The third-order valence-corrected chi connectivity index (χ3v) is 1.68. The van der Waals surface area contributed by atoms with Crippen LogP contribution in [0.2, 0.25) is 0 Å². The first kappa shape index (κ1) is 14.2. The lowest BCUT2D eigenvalue weighted by molar-refractivity contribution is -0.140. The fourth-order valence-corrected chi connectivity index (χ4v) is 0.709. The summed E-state index contributed by atoms with van der Waals surface area (Å²) in [7, 11) is 3.05. The van der Waals surface area contributed by atoms with Crippen molar-refractivity contribution in [2.45, 2.75) is 6.04 Å². The van der Waals surface area contributed by atoms with Crippen molar-refractivity contribution in [1.82, 2.24) is 15.5 Å². The summed E-state index contributed by atoms with van der Waals surface area (Å²) in [5.74, 6) is -1.68. The van der Waals surface area contributed by atoms with Gasteiger partial charge in [-0.15, -0.1) is 0 Å². The third kappa shape index (κ3) is 5.15. The summed E-state index contributed by atoms with van der Waals surface area (Å²) in [6.07, 6.45) is 0. The molecule has 0 heterocycles. The van der Waals surface area contributed by atoms with Gasteiger partial charge in [0.25, 0.3) is 0 Å². The molecule has 8 heteroatoms. The molecule has 0 rings (SSSR count). The Morgan fingerprint density at radius 3 is 2.25 bits per heavy atom.